The van der Waals surface area contributed by atoms with E-state index in [0.717, 1.165) is 36.3 Å². The van der Waals surface area contributed by atoms with E-state index in [1.165, 1.54) is 64.2 Å². The molecule has 0 aromatic carbocycles. The molecule has 0 amide bonds. The molecule has 4 fully saturated rings. The van der Waals surface area contributed by atoms with Gasteiger partial charge in [-0.15, -0.1) is 0 Å². The van der Waals surface area contributed by atoms with Crippen LogP contribution in [-0.2, 0) is 14.3 Å². The van der Waals surface area contributed by atoms with Crippen LogP contribution in [0.5, 0.6) is 0 Å². The summed E-state index contributed by atoms with van der Waals surface area (Å²) in [4.78, 5) is 0. The molecule has 0 spiro atoms. The third-order valence-electron chi connectivity index (χ3n) is 10.0. The molecule has 0 bridgehead atoms. The lowest BCUT2D eigenvalue weighted by Gasteiger charge is -2.60. The molecule has 1 unspecified atom stereocenters. The minimum absolute atomic E-state index is 0.442. The summed E-state index contributed by atoms with van der Waals surface area (Å²) >= 11 is 0. The van der Waals surface area contributed by atoms with Crippen LogP contribution >= 0.6 is 0 Å². The van der Waals surface area contributed by atoms with Crippen LogP contribution in [0.3, 0.4) is 0 Å². The monoisotopic (exact) mass is 420 g/mol. The average molecular weight is 421 g/mol. The fourth-order valence-electron chi connectivity index (χ4n) is 8.72. The van der Waals surface area contributed by atoms with Crippen molar-refractivity contribution in [2.45, 2.75) is 91.4 Å². The van der Waals surface area contributed by atoms with Gasteiger partial charge >= 0.3 is 10.1 Å². The van der Waals surface area contributed by atoms with Crippen molar-refractivity contribution in [2.24, 2.45) is 46.3 Å². The van der Waals surface area contributed by atoms with Crippen molar-refractivity contribution in [2.75, 3.05) is 6.26 Å². The topological polar surface area (TPSA) is 43.4 Å². The minimum Gasteiger partial charge on any atom is -0.328 e. The zero-order valence-corrected chi connectivity index (χ0v) is 19.7. The fourth-order valence-corrected chi connectivity index (χ4v) is 8.93. The van der Waals surface area contributed by atoms with Gasteiger partial charge in [0.15, 0.2) is 0 Å². The molecule has 0 aliphatic heterocycles. The van der Waals surface area contributed by atoms with Crippen LogP contribution < -0.4 is 0 Å². The smallest absolute Gasteiger partial charge is 0.314 e. The van der Waals surface area contributed by atoms with Crippen molar-refractivity contribution in [3.8, 4) is 12.0 Å². The van der Waals surface area contributed by atoms with Crippen LogP contribution in [-0.4, -0.2) is 14.7 Å². The molecular weight excluding hydrogens is 380 g/mol. The predicted molar refractivity (Wildman–Crippen MR) is 117 cm³/mol. The Balaban J connectivity index is 1.46. The normalized spacial score (nSPS) is 45.2. The third kappa shape index (κ3) is 3.86. The van der Waals surface area contributed by atoms with Crippen LogP contribution in [0.4, 0.5) is 0 Å². The number of hydrogen-bond acceptors (Lipinski definition) is 3. The van der Waals surface area contributed by atoms with E-state index in [2.05, 4.69) is 37.0 Å². The minimum atomic E-state index is -3.47. The molecule has 0 saturated heterocycles. The molecule has 0 N–H and O–H groups in total. The van der Waals surface area contributed by atoms with E-state index in [1.807, 2.05) is 0 Å². The van der Waals surface area contributed by atoms with Crippen molar-refractivity contribution < 1.29 is 12.6 Å². The van der Waals surface area contributed by atoms with Crippen molar-refractivity contribution >= 4 is 10.1 Å². The van der Waals surface area contributed by atoms with Gasteiger partial charge in [0, 0.05) is 6.42 Å². The SMILES string of the molecule is C[C@H](CC#COS(C)(=O)=O)[C@H]1CC[C@H]2[C@@H]3CCC4CCCC[C@]4(C)[C@H]3CC[C@]12C. The predicted octanol–water partition coefficient (Wildman–Crippen LogP) is 6.00. The van der Waals surface area contributed by atoms with E-state index in [4.69, 9.17) is 0 Å². The lowest BCUT2D eigenvalue weighted by Crippen LogP contribution is -2.53. The summed E-state index contributed by atoms with van der Waals surface area (Å²) in [6.45, 7) is 7.55. The molecule has 29 heavy (non-hydrogen) atoms. The molecule has 0 aromatic rings. The summed E-state index contributed by atoms with van der Waals surface area (Å²) in [6, 6.07) is 0. The van der Waals surface area contributed by atoms with Gasteiger partial charge in [-0.3, -0.25) is 0 Å². The van der Waals surface area contributed by atoms with Gasteiger partial charge in [0.25, 0.3) is 0 Å². The number of fused-ring (bicyclic) bond motifs is 5. The van der Waals surface area contributed by atoms with E-state index in [1.54, 1.807) is 0 Å². The highest BCUT2D eigenvalue weighted by molar-refractivity contribution is 7.86. The first kappa shape index (κ1) is 21.5. The van der Waals surface area contributed by atoms with E-state index in [9.17, 15) is 8.42 Å². The van der Waals surface area contributed by atoms with Crippen molar-refractivity contribution in [1.82, 2.24) is 0 Å². The lowest BCUT2D eigenvalue weighted by atomic mass is 9.44. The Bertz CT molecular complexity index is 778. The molecule has 8 atom stereocenters. The Morgan fingerprint density at radius 1 is 0.966 bits per heavy atom. The highest BCUT2D eigenvalue weighted by Crippen LogP contribution is 2.68. The summed E-state index contributed by atoms with van der Waals surface area (Å²) in [6.07, 6.45) is 18.5. The molecule has 4 saturated carbocycles. The van der Waals surface area contributed by atoms with E-state index >= 15 is 0 Å². The van der Waals surface area contributed by atoms with Gasteiger partial charge in [0.05, 0.1) is 6.26 Å². The van der Waals surface area contributed by atoms with Gasteiger partial charge in [-0.05, 0) is 97.7 Å². The molecule has 4 heteroatoms. The molecule has 3 nitrogen and oxygen atoms in total. The summed E-state index contributed by atoms with van der Waals surface area (Å²) in [5.74, 6) is 7.95. The Hall–Kier alpha value is -0.690. The van der Waals surface area contributed by atoms with E-state index in [0.29, 0.717) is 22.7 Å². The van der Waals surface area contributed by atoms with Crippen molar-refractivity contribution in [3.63, 3.8) is 0 Å². The van der Waals surface area contributed by atoms with Crippen LogP contribution in [0.2, 0.25) is 0 Å². The molecule has 4 aliphatic carbocycles. The van der Waals surface area contributed by atoms with Gasteiger partial charge in [-0.2, -0.15) is 8.42 Å². The van der Waals surface area contributed by atoms with Gasteiger partial charge in [0.2, 0.25) is 0 Å². The zero-order valence-electron chi connectivity index (χ0n) is 18.9. The molecule has 0 heterocycles. The maximum atomic E-state index is 11.1. The molecule has 4 aliphatic rings. The second kappa shape index (κ2) is 7.77. The van der Waals surface area contributed by atoms with Crippen molar-refractivity contribution in [3.05, 3.63) is 0 Å². The van der Waals surface area contributed by atoms with Gasteiger partial charge < -0.3 is 4.18 Å². The second-order valence-corrected chi connectivity index (χ2v) is 13.0. The fraction of sp³-hybridized carbons (Fsp3) is 0.920. The molecular formula is C25H40O3S. The standard InChI is InChI=1S/C25H40O3S/c1-18(8-7-17-28-29(4,26)27)21-12-13-22-20-11-10-19-9-5-6-15-24(19,2)23(20)14-16-25(21,22)3/h18-23H,5-6,8-16H2,1-4H3/t18-,19?,20+,21-,22+,23+,24+,25-/m1/s1. The highest BCUT2D eigenvalue weighted by Gasteiger charge is 2.60. The van der Waals surface area contributed by atoms with Crippen LogP contribution in [0.25, 0.3) is 0 Å². The number of rotatable bonds is 3. The lowest BCUT2D eigenvalue weighted by molar-refractivity contribution is -0.114. The zero-order chi connectivity index (χ0) is 20.9. The van der Waals surface area contributed by atoms with Crippen LogP contribution in [0, 0.1) is 58.4 Å². The molecule has 0 aromatic heterocycles. The van der Waals surface area contributed by atoms with Crippen molar-refractivity contribution in [1.29, 1.82) is 0 Å². The summed E-state index contributed by atoms with van der Waals surface area (Å²) < 4.78 is 26.8. The van der Waals surface area contributed by atoms with Crippen LogP contribution in [0.1, 0.15) is 91.4 Å². The Labute approximate surface area is 178 Å². The second-order valence-electron chi connectivity index (χ2n) is 11.4. The molecule has 0 radical (unpaired) electrons. The van der Waals surface area contributed by atoms with Gasteiger partial charge in [0.1, 0.15) is 6.11 Å². The Morgan fingerprint density at radius 3 is 2.48 bits per heavy atom. The van der Waals surface area contributed by atoms with Gasteiger partial charge in [-0.25, -0.2) is 0 Å². The Kier molecular flexibility index (Phi) is 5.77. The maximum Gasteiger partial charge on any atom is 0.314 e. The number of hydrogen-bond donors (Lipinski definition) is 0. The largest absolute Gasteiger partial charge is 0.328 e. The van der Waals surface area contributed by atoms with Gasteiger partial charge in [-0.1, -0.05) is 39.5 Å². The average Bonchev–Trinajstić information content (AvgIpc) is 3.01. The summed E-state index contributed by atoms with van der Waals surface area (Å²) in [5, 5.41) is 0. The highest BCUT2D eigenvalue weighted by atomic mass is 32.2. The summed E-state index contributed by atoms with van der Waals surface area (Å²) in [7, 11) is -3.47. The first-order chi connectivity index (χ1) is 13.7. The Morgan fingerprint density at radius 2 is 1.72 bits per heavy atom. The quantitative estimate of drug-likeness (QED) is 0.415. The third-order valence-corrected chi connectivity index (χ3v) is 10.4. The van der Waals surface area contributed by atoms with Crippen LogP contribution in [0.15, 0.2) is 0 Å². The first-order valence-electron chi connectivity index (χ1n) is 12.0. The van der Waals surface area contributed by atoms with E-state index in [-0.39, 0.29) is 0 Å². The summed E-state index contributed by atoms with van der Waals surface area (Å²) in [5.41, 5.74) is 1.05. The molecule has 4 rings (SSSR count). The molecule has 164 valence electrons. The first-order valence-corrected chi connectivity index (χ1v) is 13.8. The van der Waals surface area contributed by atoms with E-state index < -0.39 is 10.1 Å². The maximum absolute atomic E-state index is 11.1.